The number of nitrogens with one attached hydrogen (secondary N) is 1. The minimum absolute atomic E-state index is 0.380. The Bertz CT molecular complexity index is 779. The SMILES string of the molecule is CC1Cc2nccc(OC3CC4(CNC4)C3)c2CN1Cc1ccccc1. The Morgan fingerprint density at radius 2 is 2.00 bits per heavy atom. The predicted octanol–water partition coefficient (Wildman–Crippen LogP) is 3.16. The molecule has 2 aromatic rings. The molecule has 1 spiro atoms. The molecule has 1 unspecified atom stereocenters. The van der Waals surface area contributed by atoms with Gasteiger partial charge in [0, 0.05) is 55.8 Å². The lowest BCUT2D eigenvalue weighted by Crippen LogP contribution is -2.62. The van der Waals surface area contributed by atoms with Gasteiger partial charge >= 0.3 is 0 Å². The average molecular weight is 349 g/mol. The van der Waals surface area contributed by atoms with Gasteiger partial charge in [-0.15, -0.1) is 0 Å². The molecule has 4 heteroatoms. The summed E-state index contributed by atoms with van der Waals surface area (Å²) in [7, 11) is 0. The molecule has 0 bridgehead atoms. The summed E-state index contributed by atoms with van der Waals surface area (Å²) in [5, 5.41) is 3.40. The fourth-order valence-electron chi connectivity index (χ4n) is 4.70. The number of rotatable bonds is 4. The zero-order valence-electron chi connectivity index (χ0n) is 15.4. The van der Waals surface area contributed by atoms with Crippen molar-refractivity contribution in [2.45, 2.75) is 51.4 Å². The van der Waals surface area contributed by atoms with E-state index in [1.165, 1.54) is 42.8 Å². The molecule has 4 nitrogen and oxygen atoms in total. The first-order valence-electron chi connectivity index (χ1n) is 9.83. The maximum Gasteiger partial charge on any atom is 0.127 e. The molecule has 1 atom stereocenters. The topological polar surface area (TPSA) is 37.4 Å². The average Bonchev–Trinajstić information content (AvgIpc) is 2.58. The van der Waals surface area contributed by atoms with E-state index in [4.69, 9.17) is 4.74 Å². The predicted molar refractivity (Wildman–Crippen MR) is 102 cm³/mol. The van der Waals surface area contributed by atoms with Crippen LogP contribution in [0.1, 0.15) is 36.6 Å². The van der Waals surface area contributed by atoms with Crippen molar-refractivity contribution < 1.29 is 4.74 Å². The van der Waals surface area contributed by atoms with Crippen LogP contribution in [0.25, 0.3) is 0 Å². The Labute approximate surface area is 155 Å². The van der Waals surface area contributed by atoms with E-state index in [9.17, 15) is 0 Å². The third-order valence-corrected chi connectivity index (χ3v) is 6.42. The Morgan fingerprint density at radius 3 is 2.73 bits per heavy atom. The number of hydrogen-bond donors (Lipinski definition) is 1. The summed E-state index contributed by atoms with van der Waals surface area (Å²) in [5.41, 5.74) is 4.44. The first-order chi connectivity index (χ1) is 12.7. The van der Waals surface area contributed by atoms with Crippen molar-refractivity contribution in [1.29, 1.82) is 0 Å². The Morgan fingerprint density at radius 1 is 1.19 bits per heavy atom. The molecular formula is C22H27N3O. The van der Waals surface area contributed by atoms with Crippen LogP contribution in [0.15, 0.2) is 42.6 Å². The fourth-order valence-corrected chi connectivity index (χ4v) is 4.70. The molecule has 3 heterocycles. The summed E-state index contributed by atoms with van der Waals surface area (Å²) in [6.07, 6.45) is 5.69. The molecule has 2 fully saturated rings. The molecule has 26 heavy (non-hydrogen) atoms. The van der Waals surface area contributed by atoms with Crippen LogP contribution in [-0.2, 0) is 19.5 Å². The first kappa shape index (κ1) is 16.3. The Kier molecular flexibility index (Phi) is 3.98. The highest BCUT2D eigenvalue weighted by atomic mass is 16.5. The molecule has 1 aromatic heterocycles. The van der Waals surface area contributed by atoms with Crippen molar-refractivity contribution in [2.75, 3.05) is 13.1 Å². The number of nitrogens with zero attached hydrogens (tertiary/aromatic N) is 2. The second kappa shape index (κ2) is 6.36. The molecule has 136 valence electrons. The minimum Gasteiger partial charge on any atom is -0.490 e. The van der Waals surface area contributed by atoms with Crippen molar-refractivity contribution in [2.24, 2.45) is 5.41 Å². The molecule has 3 aliphatic rings. The number of aromatic nitrogens is 1. The Balaban J connectivity index is 1.32. The van der Waals surface area contributed by atoms with Crippen molar-refractivity contribution in [1.82, 2.24) is 15.2 Å². The van der Waals surface area contributed by atoms with Crippen LogP contribution in [0.4, 0.5) is 0 Å². The van der Waals surface area contributed by atoms with Crippen LogP contribution in [0.5, 0.6) is 5.75 Å². The van der Waals surface area contributed by atoms with Gasteiger partial charge in [0.15, 0.2) is 0 Å². The van der Waals surface area contributed by atoms with Gasteiger partial charge in [0.2, 0.25) is 0 Å². The third-order valence-electron chi connectivity index (χ3n) is 6.42. The van der Waals surface area contributed by atoms with Crippen molar-refractivity contribution in [3.63, 3.8) is 0 Å². The van der Waals surface area contributed by atoms with Crippen LogP contribution in [0.3, 0.4) is 0 Å². The van der Waals surface area contributed by atoms with Gasteiger partial charge in [-0.25, -0.2) is 0 Å². The van der Waals surface area contributed by atoms with Crippen molar-refractivity contribution in [3.05, 3.63) is 59.4 Å². The molecule has 5 rings (SSSR count). The monoisotopic (exact) mass is 349 g/mol. The van der Waals surface area contributed by atoms with Gasteiger partial charge < -0.3 is 10.1 Å². The van der Waals surface area contributed by atoms with Crippen LogP contribution < -0.4 is 10.1 Å². The van der Waals surface area contributed by atoms with Crippen LogP contribution >= 0.6 is 0 Å². The van der Waals surface area contributed by atoms with E-state index >= 15 is 0 Å². The number of benzene rings is 1. The van der Waals surface area contributed by atoms with Crippen molar-refractivity contribution in [3.8, 4) is 5.75 Å². The summed E-state index contributed by atoms with van der Waals surface area (Å²) < 4.78 is 6.42. The molecular weight excluding hydrogens is 322 g/mol. The number of pyridine rings is 1. The van der Waals surface area contributed by atoms with E-state index in [1.54, 1.807) is 0 Å². The second-order valence-electron chi connectivity index (χ2n) is 8.43. The first-order valence-corrected chi connectivity index (χ1v) is 9.83. The van der Waals surface area contributed by atoms with Gasteiger partial charge in [-0.1, -0.05) is 30.3 Å². The van der Waals surface area contributed by atoms with E-state index in [-0.39, 0.29) is 0 Å². The summed E-state index contributed by atoms with van der Waals surface area (Å²) in [6.45, 7) is 6.55. The van der Waals surface area contributed by atoms with E-state index in [0.29, 0.717) is 17.6 Å². The van der Waals surface area contributed by atoms with Crippen LogP contribution in [0, 0.1) is 5.41 Å². The van der Waals surface area contributed by atoms with Gasteiger partial charge in [0.05, 0.1) is 11.8 Å². The van der Waals surface area contributed by atoms with E-state index < -0.39 is 0 Å². The van der Waals surface area contributed by atoms with Gasteiger partial charge in [-0.3, -0.25) is 9.88 Å². The van der Waals surface area contributed by atoms with Gasteiger partial charge in [0.25, 0.3) is 0 Å². The number of ether oxygens (including phenoxy) is 1. The summed E-state index contributed by atoms with van der Waals surface area (Å²) in [5.74, 6) is 1.06. The molecule has 0 radical (unpaired) electrons. The summed E-state index contributed by atoms with van der Waals surface area (Å²) in [6, 6.07) is 13.3. The molecule has 1 aromatic carbocycles. The Hall–Kier alpha value is -1.91. The van der Waals surface area contributed by atoms with E-state index in [1.807, 2.05) is 6.20 Å². The van der Waals surface area contributed by atoms with Gasteiger partial charge in [-0.2, -0.15) is 0 Å². The fraction of sp³-hybridized carbons (Fsp3) is 0.500. The largest absolute Gasteiger partial charge is 0.490 e. The van der Waals surface area contributed by atoms with Crippen LogP contribution in [-0.4, -0.2) is 35.1 Å². The third kappa shape index (κ3) is 2.91. The van der Waals surface area contributed by atoms with E-state index in [0.717, 1.165) is 25.3 Å². The maximum absolute atomic E-state index is 6.42. The highest BCUT2D eigenvalue weighted by Crippen LogP contribution is 2.46. The lowest BCUT2D eigenvalue weighted by molar-refractivity contribution is -0.0503. The zero-order chi connectivity index (χ0) is 17.6. The second-order valence-corrected chi connectivity index (χ2v) is 8.43. The van der Waals surface area contributed by atoms with Crippen molar-refractivity contribution >= 4 is 0 Å². The lowest BCUT2D eigenvalue weighted by atomic mass is 9.63. The molecule has 1 N–H and O–H groups in total. The highest BCUT2D eigenvalue weighted by Gasteiger charge is 2.49. The molecule has 1 aliphatic carbocycles. The summed E-state index contributed by atoms with van der Waals surface area (Å²) in [4.78, 5) is 7.21. The zero-order valence-corrected chi connectivity index (χ0v) is 15.4. The van der Waals surface area contributed by atoms with Gasteiger partial charge in [0.1, 0.15) is 5.75 Å². The standard InChI is InChI=1S/C22H27N3O/c1-16-9-20-19(13-25(16)12-17-5-3-2-4-6-17)21(7-8-24-20)26-18-10-22(11-18)14-23-15-22/h2-8,16,18,23H,9-15H2,1H3. The molecule has 1 saturated heterocycles. The van der Waals surface area contributed by atoms with Gasteiger partial charge in [-0.05, 0) is 31.4 Å². The smallest absolute Gasteiger partial charge is 0.127 e. The van der Waals surface area contributed by atoms with E-state index in [2.05, 4.69) is 58.5 Å². The molecule has 1 saturated carbocycles. The summed E-state index contributed by atoms with van der Waals surface area (Å²) >= 11 is 0. The number of fused-ring (bicyclic) bond motifs is 1. The minimum atomic E-state index is 0.380. The molecule has 2 aliphatic heterocycles. The maximum atomic E-state index is 6.42. The highest BCUT2D eigenvalue weighted by molar-refractivity contribution is 5.38. The quantitative estimate of drug-likeness (QED) is 0.920. The van der Waals surface area contributed by atoms with Crippen LogP contribution in [0.2, 0.25) is 0 Å². The molecule has 0 amide bonds. The lowest BCUT2D eigenvalue weighted by Gasteiger charge is -2.53. The normalized spacial score (nSPS) is 24.6. The number of hydrogen-bond acceptors (Lipinski definition) is 4.